The van der Waals surface area contributed by atoms with Crippen LogP contribution >= 0.6 is 0 Å². The number of aromatic nitrogens is 2. The summed E-state index contributed by atoms with van der Waals surface area (Å²) in [6, 6.07) is -0.813. The molecule has 9 heteroatoms. The molecule has 2 amide bonds. The summed E-state index contributed by atoms with van der Waals surface area (Å²) in [7, 11) is 0. The van der Waals surface area contributed by atoms with Gasteiger partial charge in [-0.1, -0.05) is 34.1 Å². The van der Waals surface area contributed by atoms with E-state index in [0.717, 1.165) is 0 Å². The van der Waals surface area contributed by atoms with E-state index in [4.69, 9.17) is 5.11 Å². The van der Waals surface area contributed by atoms with Crippen molar-refractivity contribution in [2.45, 2.75) is 78.5 Å². The number of aliphatic hydroxyl groups is 1. The summed E-state index contributed by atoms with van der Waals surface area (Å²) in [5.41, 5.74) is -1.36. The molecule has 0 bridgehead atoms. The fourth-order valence-corrected chi connectivity index (χ4v) is 2.59. The lowest BCUT2D eigenvalue weighted by Gasteiger charge is -2.27. The summed E-state index contributed by atoms with van der Waals surface area (Å²) in [6.45, 7) is 10.6. The molecule has 28 heavy (non-hydrogen) atoms. The summed E-state index contributed by atoms with van der Waals surface area (Å²) >= 11 is 0. The van der Waals surface area contributed by atoms with Crippen molar-refractivity contribution in [3.8, 4) is 0 Å². The number of aliphatic carboxylic acids is 1. The van der Waals surface area contributed by atoms with Crippen molar-refractivity contribution >= 4 is 23.6 Å². The van der Waals surface area contributed by atoms with Gasteiger partial charge in [-0.2, -0.15) is 0 Å². The zero-order valence-corrected chi connectivity index (χ0v) is 17.4. The number of carboxylic acid groups (broad SMARTS) is 1. The Balaban J connectivity index is 2.85. The van der Waals surface area contributed by atoms with Crippen LogP contribution in [-0.4, -0.2) is 49.7 Å². The molecule has 0 aliphatic heterocycles. The molecule has 0 saturated carbocycles. The zero-order chi connectivity index (χ0) is 21.7. The van der Waals surface area contributed by atoms with Crippen LogP contribution in [0.2, 0.25) is 0 Å². The molecule has 1 rings (SSSR count). The minimum Gasteiger partial charge on any atom is -0.481 e. The minimum atomic E-state index is -1.24. The highest BCUT2D eigenvalue weighted by atomic mass is 16.4. The number of carbonyl (C=O) groups is 3. The standard InChI is InChI=1S/C19H32N4O5/c1-7-8-12(21-17(28)15(26)18(2,3)4)16(27)22-13-10-23(11-20-13)19(5,6)9-14(24)25/h10-12,15,26H,7-9H2,1-6H3,(H,21,28)(H,22,27)(H,24,25). The number of anilines is 1. The molecule has 9 nitrogen and oxygen atoms in total. The van der Waals surface area contributed by atoms with Crippen molar-refractivity contribution in [3.63, 3.8) is 0 Å². The molecular formula is C19H32N4O5. The van der Waals surface area contributed by atoms with E-state index in [1.165, 1.54) is 6.33 Å². The van der Waals surface area contributed by atoms with Crippen LogP contribution in [0.25, 0.3) is 0 Å². The maximum atomic E-state index is 12.6. The van der Waals surface area contributed by atoms with Gasteiger partial charge in [0.05, 0.1) is 18.3 Å². The van der Waals surface area contributed by atoms with E-state index in [1.54, 1.807) is 45.4 Å². The third-order valence-corrected chi connectivity index (χ3v) is 4.40. The molecule has 1 aromatic rings. The van der Waals surface area contributed by atoms with Gasteiger partial charge in [-0.15, -0.1) is 0 Å². The number of carboxylic acids is 1. The summed E-state index contributed by atoms with van der Waals surface area (Å²) in [6.07, 6.45) is 2.72. The first kappa shape index (κ1) is 23.6. The van der Waals surface area contributed by atoms with Crippen molar-refractivity contribution in [3.05, 3.63) is 12.5 Å². The van der Waals surface area contributed by atoms with Gasteiger partial charge in [-0.3, -0.25) is 14.4 Å². The molecule has 0 aliphatic carbocycles. The normalized spacial score (nSPS) is 14.2. The van der Waals surface area contributed by atoms with E-state index in [9.17, 15) is 19.5 Å². The number of carbonyl (C=O) groups excluding carboxylic acids is 2. The van der Waals surface area contributed by atoms with Crippen LogP contribution in [0.1, 0.15) is 60.8 Å². The van der Waals surface area contributed by atoms with Gasteiger partial charge in [0.1, 0.15) is 12.1 Å². The highest BCUT2D eigenvalue weighted by Crippen LogP contribution is 2.22. The monoisotopic (exact) mass is 396 g/mol. The molecule has 4 N–H and O–H groups in total. The Hall–Kier alpha value is -2.42. The first-order valence-corrected chi connectivity index (χ1v) is 9.33. The third kappa shape index (κ3) is 6.63. The fraction of sp³-hybridized carbons (Fsp3) is 0.684. The Morgan fingerprint density at radius 3 is 2.29 bits per heavy atom. The zero-order valence-electron chi connectivity index (χ0n) is 17.4. The molecule has 0 radical (unpaired) electrons. The van der Waals surface area contributed by atoms with E-state index in [-0.39, 0.29) is 12.2 Å². The average molecular weight is 396 g/mol. The van der Waals surface area contributed by atoms with E-state index in [1.807, 2.05) is 6.92 Å². The van der Waals surface area contributed by atoms with Crippen LogP contribution in [0.5, 0.6) is 0 Å². The van der Waals surface area contributed by atoms with Crippen LogP contribution in [0.15, 0.2) is 12.5 Å². The summed E-state index contributed by atoms with van der Waals surface area (Å²) < 4.78 is 1.62. The Kier molecular flexibility index (Phi) is 7.75. The highest BCUT2D eigenvalue weighted by Gasteiger charge is 2.32. The SMILES string of the molecule is CCCC(NC(=O)C(O)C(C)(C)C)C(=O)Nc1cn(C(C)(C)CC(=O)O)cn1. The van der Waals surface area contributed by atoms with Gasteiger partial charge in [0.15, 0.2) is 5.82 Å². The molecule has 1 heterocycles. The van der Waals surface area contributed by atoms with Gasteiger partial charge in [0.2, 0.25) is 11.8 Å². The van der Waals surface area contributed by atoms with Crippen LogP contribution in [0.4, 0.5) is 5.82 Å². The largest absolute Gasteiger partial charge is 0.481 e. The number of amides is 2. The molecule has 2 unspecified atom stereocenters. The van der Waals surface area contributed by atoms with Crippen molar-refractivity contribution in [1.82, 2.24) is 14.9 Å². The van der Waals surface area contributed by atoms with E-state index in [0.29, 0.717) is 12.8 Å². The Morgan fingerprint density at radius 2 is 1.79 bits per heavy atom. The molecule has 0 spiro atoms. The Labute approximate surface area is 165 Å². The maximum absolute atomic E-state index is 12.6. The Bertz CT molecular complexity index is 705. The molecule has 158 valence electrons. The number of hydrogen-bond acceptors (Lipinski definition) is 5. The van der Waals surface area contributed by atoms with E-state index < -0.39 is 40.9 Å². The predicted octanol–water partition coefficient (Wildman–Crippen LogP) is 1.72. The number of aliphatic hydroxyl groups excluding tert-OH is 1. The van der Waals surface area contributed by atoms with Gasteiger partial charge < -0.3 is 25.4 Å². The fourth-order valence-electron chi connectivity index (χ4n) is 2.59. The molecule has 0 fully saturated rings. The van der Waals surface area contributed by atoms with Crippen molar-refractivity contribution in [1.29, 1.82) is 0 Å². The molecule has 0 saturated heterocycles. The van der Waals surface area contributed by atoms with Gasteiger partial charge in [0.25, 0.3) is 0 Å². The quantitative estimate of drug-likeness (QED) is 0.502. The number of nitrogens with zero attached hydrogens (tertiary/aromatic N) is 2. The summed E-state index contributed by atoms with van der Waals surface area (Å²) in [4.78, 5) is 39.9. The average Bonchev–Trinajstić information content (AvgIpc) is 3.00. The lowest BCUT2D eigenvalue weighted by atomic mass is 9.88. The molecular weight excluding hydrogens is 364 g/mol. The highest BCUT2D eigenvalue weighted by molar-refractivity contribution is 5.97. The Morgan fingerprint density at radius 1 is 1.18 bits per heavy atom. The van der Waals surface area contributed by atoms with Crippen LogP contribution in [-0.2, 0) is 19.9 Å². The van der Waals surface area contributed by atoms with Gasteiger partial charge in [0, 0.05) is 6.20 Å². The van der Waals surface area contributed by atoms with Gasteiger partial charge in [-0.25, -0.2) is 4.98 Å². The smallest absolute Gasteiger partial charge is 0.305 e. The number of hydrogen-bond donors (Lipinski definition) is 4. The number of imidazole rings is 1. The number of rotatable bonds is 9. The lowest BCUT2D eigenvalue weighted by Crippen LogP contribution is -2.50. The second kappa shape index (κ2) is 9.18. The summed E-state index contributed by atoms with van der Waals surface area (Å²) in [5, 5.41) is 24.4. The van der Waals surface area contributed by atoms with E-state index in [2.05, 4.69) is 15.6 Å². The van der Waals surface area contributed by atoms with Crippen LogP contribution in [0.3, 0.4) is 0 Å². The minimum absolute atomic E-state index is 0.101. The first-order valence-electron chi connectivity index (χ1n) is 9.33. The molecule has 0 aliphatic rings. The van der Waals surface area contributed by atoms with Crippen LogP contribution in [0, 0.1) is 5.41 Å². The molecule has 2 atom stereocenters. The second-order valence-electron chi connectivity index (χ2n) is 8.66. The van der Waals surface area contributed by atoms with Crippen LogP contribution < -0.4 is 10.6 Å². The molecule has 0 aromatic carbocycles. The van der Waals surface area contributed by atoms with Crippen molar-refractivity contribution in [2.24, 2.45) is 5.41 Å². The van der Waals surface area contributed by atoms with Gasteiger partial charge in [-0.05, 0) is 25.7 Å². The topological polar surface area (TPSA) is 134 Å². The predicted molar refractivity (Wildman–Crippen MR) is 105 cm³/mol. The molecule has 1 aromatic heterocycles. The number of nitrogens with one attached hydrogen (secondary N) is 2. The van der Waals surface area contributed by atoms with Gasteiger partial charge >= 0.3 is 5.97 Å². The third-order valence-electron chi connectivity index (χ3n) is 4.40. The van der Waals surface area contributed by atoms with E-state index >= 15 is 0 Å². The second-order valence-corrected chi connectivity index (χ2v) is 8.66. The van der Waals surface area contributed by atoms with Crippen molar-refractivity contribution < 1.29 is 24.6 Å². The maximum Gasteiger partial charge on any atom is 0.305 e. The lowest BCUT2D eigenvalue weighted by molar-refractivity contribution is -0.139. The first-order chi connectivity index (χ1) is 12.8. The summed E-state index contributed by atoms with van der Waals surface area (Å²) in [5.74, 6) is -1.73. The van der Waals surface area contributed by atoms with Crippen molar-refractivity contribution in [2.75, 3.05) is 5.32 Å².